The molecule has 7 heteroatoms. The maximum atomic E-state index is 12.6. The van der Waals surface area contributed by atoms with Crippen molar-refractivity contribution in [3.63, 3.8) is 0 Å². The van der Waals surface area contributed by atoms with E-state index in [1.165, 1.54) is 42.0 Å². The maximum absolute atomic E-state index is 12.6. The van der Waals surface area contributed by atoms with Gasteiger partial charge in [0.2, 0.25) is 5.91 Å². The van der Waals surface area contributed by atoms with Gasteiger partial charge in [-0.25, -0.2) is 9.59 Å². The lowest BCUT2D eigenvalue weighted by atomic mass is 10.1. The van der Waals surface area contributed by atoms with Crippen molar-refractivity contribution < 1.29 is 24.2 Å². The van der Waals surface area contributed by atoms with Crippen molar-refractivity contribution in [3.8, 4) is 0 Å². The van der Waals surface area contributed by atoms with Crippen LogP contribution in [-0.4, -0.2) is 36.7 Å². The second-order valence-corrected chi connectivity index (χ2v) is 6.06. The molecular weight excluding hydrogens is 360 g/mol. The van der Waals surface area contributed by atoms with Crippen LogP contribution in [0.3, 0.4) is 0 Å². The summed E-state index contributed by atoms with van der Waals surface area (Å²) in [5.74, 6) is -1.44. The summed E-state index contributed by atoms with van der Waals surface area (Å²) in [5.41, 5.74) is 1.42. The molecule has 2 aromatic carbocycles. The summed E-state index contributed by atoms with van der Waals surface area (Å²) in [7, 11) is 1.53. The van der Waals surface area contributed by atoms with Gasteiger partial charge in [0.25, 0.3) is 0 Å². The fourth-order valence-corrected chi connectivity index (χ4v) is 2.46. The van der Waals surface area contributed by atoms with Crippen molar-refractivity contribution >= 4 is 29.3 Å². The van der Waals surface area contributed by atoms with Crippen molar-refractivity contribution in [2.75, 3.05) is 23.4 Å². The van der Waals surface area contributed by atoms with Gasteiger partial charge in [-0.1, -0.05) is 36.4 Å². The summed E-state index contributed by atoms with van der Waals surface area (Å²) in [4.78, 5) is 38.4. The van der Waals surface area contributed by atoms with Gasteiger partial charge in [0.1, 0.15) is 6.61 Å². The number of benzene rings is 2. The Labute approximate surface area is 163 Å². The summed E-state index contributed by atoms with van der Waals surface area (Å²) in [6.07, 6.45) is 0.855. The normalized spacial score (nSPS) is 10.1. The molecule has 1 N–H and O–H groups in total. The van der Waals surface area contributed by atoms with Crippen LogP contribution in [0.15, 0.2) is 61.2 Å². The highest BCUT2D eigenvalue weighted by Crippen LogP contribution is 2.26. The molecule has 0 aliphatic rings. The van der Waals surface area contributed by atoms with Crippen LogP contribution >= 0.6 is 0 Å². The lowest BCUT2D eigenvalue weighted by Crippen LogP contribution is -2.32. The third-order valence-corrected chi connectivity index (χ3v) is 4.06. The van der Waals surface area contributed by atoms with E-state index in [4.69, 9.17) is 4.74 Å². The molecule has 0 unspecified atom stereocenters. The van der Waals surface area contributed by atoms with Gasteiger partial charge < -0.3 is 14.7 Å². The number of rotatable bonds is 7. The Hall–Kier alpha value is -3.61. The molecule has 0 aromatic heterocycles. The molecule has 2 aromatic rings. The van der Waals surface area contributed by atoms with Crippen LogP contribution in [0.5, 0.6) is 0 Å². The molecule has 2 rings (SSSR count). The number of anilines is 2. The molecule has 146 valence electrons. The standard InChI is InChI=1S/C21H22N2O5/c1-4-10-23(21(27)28-14-16-8-6-5-7-9-16)19-12-17(20(25)26)11-18(13-19)22(3)15(2)24/h4-9,11-13H,1,10,14H2,2-3H3,(H,25,26). The van der Waals surface area contributed by atoms with Gasteiger partial charge in [-0.2, -0.15) is 0 Å². The summed E-state index contributed by atoms with van der Waals surface area (Å²) < 4.78 is 5.36. The van der Waals surface area contributed by atoms with E-state index in [9.17, 15) is 19.5 Å². The minimum Gasteiger partial charge on any atom is -0.478 e. The van der Waals surface area contributed by atoms with Crippen molar-refractivity contribution in [1.29, 1.82) is 0 Å². The lowest BCUT2D eigenvalue weighted by Gasteiger charge is -2.24. The summed E-state index contributed by atoms with van der Waals surface area (Å²) >= 11 is 0. The highest BCUT2D eigenvalue weighted by atomic mass is 16.6. The fraction of sp³-hybridized carbons (Fsp3) is 0.190. The minimum absolute atomic E-state index is 0.0504. The average molecular weight is 382 g/mol. The van der Waals surface area contributed by atoms with Crippen LogP contribution in [-0.2, 0) is 16.1 Å². The molecule has 0 heterocycles. The van der Waals surface area contributed by atoms with Gasteiger partial charge in [0, 0.05) is 26.2 Å². The number of amides is 2. The summed E-state index contributed by atoms with van der Waals surface area (Å²) in [6.45, 7) is 5.19. The van der Waals surface area contributed by atoms with Crippen LogP contribution in [0.25, 0.3) is 0 Å². The molecule has 28 heavy (non-hydrogen) atoms. The molecule has 0 atom stereocenters. The first kappa shape index (κ1) is 20.7. The first-order valence-electron chi connectivity index (χ1n) is 8.55. The molecule has 0 saturated carbocycles. The molecular formula is C21H22N2O5. The van der Waals surface area contributed by atoms with Gasteiger partial charge >= 0.3 is 12.1 Å². The third kappa shape index (κ3) is 5.20. The summed E-state index contributed by atoms with van der Waals surface area (Å²) in [5, 5.41) is 9.40. The molecule has 0 aliphatic carbocycles. The van der Waals surface area contributed by atoms with E-state index < -0.39 is 12.1 Å². The molecule has 0 aliphatic heterocycles. The highest BCUT2D eigenvalue weighted by Gasteiger charge is 2.20. The minimum atomic E-state index is -1.17. The number of carbonyl (C=O) groups is 3. The third-order valence-electron chi connectivity index (χ3n) is 4.06. The second kappa shape index (κ2) is 9.36. The van der Waals surface area contributed by atoms with E-state index in [0.29, 0.717) is 11.4 Å². The van der Waals surface area contributed by atoms with Gasteiger partial charge in [-0.3, -0.25) is 9.69 Å². The van der Waals surface area contributed by atoms with Crippen LogP contribution in [0.2, 0.25) is 0 Å². The zero-order valence-electron chi connectivity index (χ0n) is 15.8. The summed E-state index contributed by atoms with van der Waals surface area (Å²) in [6, 6.07) is 13.5. The average Bonchev–Trinajstić information content (AvgIpc) is 2.69. The van der Waals surface area contributed by atoms with E-state index in [0.717, 1.165) is 5.56 Å². The number of carboxylic acids is 1. The SMILES string of the molecule is C=CCN(C(=O)OCc1ccccc1)c1cc(C(=O)O)cc(N(C)C(C)=O)c1. The predicted octanol–water partition coefficient (Wildman–Crippen LogP) is 3.70. The number of hydrogen-bond donors (Lipinski definition) is 1. The Morgan fingerprint density at radius 2 is 1.75 bits per heavy atom. The molecule has 7 nitrogen and oxygen atoms in total. The first-order chi connectivity index (χ1) is 13.3. The Balaban J connectivity index is 2.34. The van der Waals surface area contributed by atoms with Gasteiger partial charge in [-0.15, -0.1) is 6.58 Å². The van der Waals surface area contributed by atoms with E-state index >= 15 is 0 Å². The number of aromatic carboxylic acids is 1. The highest BCUT2D eigenvalue weighted by molar-refractivity contribution is 5.98. The number of hydrogen-bond acceptors (Lipinski definition) is 4. The van der Waals surface area contributed by atoms with Crippen LogP contribution in [0.4, 0.5) is 16.2 Å². The quantitative estimate of drug-likeness (QED) is 0.738. The van der Waals surface area contributed by atoms with Crippen LogP contribution < -0.4 is 9.80 Å². The smallest absolute Gasteiger partial charge is 0.414 e. The van der Waals surface area contributed by atoms with E-state index in [2.05, 4.69) is 6.58 Å². The van der Waals surface area contributed by atoms with Crippen molar-refractivity contribution in [1.82, 2.24) is 0 Å². The number of carbonyl (C=O) groups excluding carboxylic acids is 2. The molecule has 0 bridgehead atoms. The van der Waals surface area contributed by atoms with Gasteiger partial charge in [-0.05, 0) is 23.8 Å². The lowest BCUT2D eigenvalue weighted by molar-refractivity contribution is -0.116. The molecule has 0 fully saturated rings. The van der Waals surface area contributed by atoms with Gasteiger partial charge in [0.15, 0.2) is 0 Å². The Kier molecular flexibility index (Phi) is 6.92. The Morgan fingerprint density at radius 3 is 2.32 bits per heavy atom. The zero-order chi connectivity index (χ0) is 20.7. The van der Waals surface area contributed by atoms with Crippen molar-refractivity contribution in [3.05, 3.63) is 72.3 Å². The van der Waals surface area contributed by atoms with Crippen LogP contribution in [0, 0.1) is 0 Å². The topological polar surface area (TPSA) is 87.2 Å². The number of nitrogens with zero attached hydrogens (tertiary/aromatic N) is 2. The van der Waals surface area contributed by atoms with Crippen LogP contribution in [0.1, 0.15) is 22.8 Å². The van der Waals surface area contributed by atoms with E-state index in [1.807, 2.05) is 30.3 Å². The fourth-order valence-electron chi connectivity index (χ4n) is 2.46. The number of carboxylic acid groups (broad SMARTS) is 1. The second-order valence-electron chi connectivity index (χ2n) is 6.06. The predicted molar refractivity (Wildman–Crippen MR) is 107 cm³/mol. The number of ether oxygens (including phenoxy) is 1. The molecule has 2 amide bonds. The molecule has 0 radical (unpaired) electrons. The molecule has 0 saturated heterocycles. The monoisotopic (exact) mass is 382 g/mol. The maximum Gasteiger partial charge on any atom is 0.414 e. The Bertz CT molecular complexity index is 880. The van der Waals surface area contributed by atoms with Crippen molar-refractivity contribution in [2.45, 2.75) is 13.5 Å². The zero-order valence-corrected chi connectivity index (χ0v) is 15.8. The largest absolute Gasteiger partial charge is 0.478 e. The Morgan fingerprint density at radius 1 is 1.11 bits per heavy atom. The van der Waals surface area contributed by atoms with E-state index in [1.54, 1.807) is 6.07 Å². The van der Waals surface area contributed by atoms with E-state index in [-0.39, 0.29) is 24.6 Å². The van der Waals surface area contributed by atoms with Crippen molar-refractivity contribution in [2.24, 2.45) is 0 Å². The first-order valence-corrected chi connectivity index (χ1v) is 8.55. The van der Waals surface area contributed by atoms with Gasteiger partial charge in [0.05, 0.1) is 11.3 Å². The molecule has 0 spiro atoms.